The highest BCUT2D eigenvalue weighted by molar-refractivity contribution is 6.04. The quantitative estimate of drug-likeness (QED) is 0.335. The number of hydrogen-bond donors (Lipinski definition) is 0. The molecule has 0 heteroatoms. The molecule has 4 rings (SSSR count). The Balaban J connectivity index is 2.08. The molecule has 0 radical (unpaired) electrons. The number of aryl methyl sites for hydroxylation is 2. The minimum Gasteiger partial charge on any atom is -0.0622 e. The largest absolute Gasteiger partial charge is 0.0622 e. The van der Waals surface area contributed by atoms with Crippen LogP contribution in [0.2, 0.25) is 0 Å². The second-order valence-electron chi connectivity index (χ2n) is 7.21. The van der Waals surface area contributed by atoms with E-state index in [1.165, 1.54) is 44.5 Å². The smallest absolute Gasteiger partial charge is 0.00268 e. The van der Waals surface area contributed by atoms with Gasteiger partial charge in [0, 0.05) is 0 Å². The molecule has 4 aromatic carbocycles. The third kappa shape index (κ3) is 3.82. The normalized spacial score (nSPS) is 10.5. The first-order valence-corrected chi connectivity index (χ1v) is 9.71. The van der Waals surface area contributed by atoms with Gasteiger partial charge in [-0.25, -0.2) is 0 Å². The third-order valence-electron chi connectivity index (χ3n) is 5.06. The highest BCUT2D eigenvalue weighted by Crippen LogP contribution is 2.36. The molecule has 0 bridgehead atoms. The fourth-order valence-electron chi connectivity index (χ4n) is 3.56. The van der Waals surface area contributed by atoms with Crippen molar-refractivity contribution in [3.05, 3.63) is 143 Å². The maximum absolute atomic E-state index is 2.23. The highest BCUT2D eigenvalue weighted by Gasteiger charge is 2.15. The van der Waals surface area contributed by atoms with Gasteiger partial charge in [-0.1, -0.05) is 120 Å². The van der Waals surface area contributed by atoms with Crippen molar-refractivity contribution in [3.8, 4) is 0 Å². The van der Waals surface area contributed by atoms with Crippen molar-refractivity contribution in [2.45, 2.75) is 13.8 Å². The molecule has 0 spiro atoms. The van der Waals surface area contributed by atoms with E-state index in [-0.39, 0.29) is 0 Å². The fraction of sp³-hybridized carbons (Fsp3) is 0.0714. The molecule has 0 aliphatic rings. The van der Waals surface area contributed by atoms with E-state index < -0.39 is 0 Å². The summed E-state index contributed by atoms with van der Waals surface area (Å²) in [4.78, 5) is 0. The first-order chi connectivity index (χ1) is 13.7. The molecule has 4 aromatic rings. The highest BCUT2D eigenvalue weighted by atomic mass is 14.2. The molecule has 0 nitrogen and oxygen atoms in total. The van der Waals surface area contributed by atoms with Crippen molar-refractivity contribution in [3.63, 3.8) is 0 Å². The van der Waals surface area contributed by atoms with Crippen LogP contribution in [0.3, 0.4) is 0 Å². The van der Waals surface area contributed by atoms with E-state index in [2.05, 4.69) is 123 Å². The third-order valence-corrected chi connectivity index (χ3v) is 5.06. The van der Waals surface area contributed by atoms with Crippen LogP contribution >= 0.6 is 0 Å². The van der Waals surface area contributed by atoms with Gasteiger partial charge in [0.05, 0.1) is 0 Å². The molecule has 0 fully saturated rings. The Kier molecular flexibility index (Phi) is 5.21. The van der Waals surface area contributed by atoms with Gasteiger partial charge in [0.25, 0.3) is 0 Å². The Bertz CT molecular complexity index is 979. The van der Waals surface area contributed by atoms with Crippen LogP contribution in [0, 0.1) is 13.8 Å². The average molecular weight is 361 g/mol. The number of rotatable bonds is 4. The van der Waals surface area contributed by atoms with Crippen LogP contribution in [0.25, 0.3) is 11.1 Å². The monoisotopic (exact) mass is 360 g/mol. The van der Waals surface area contributed by atoms with Gasteiger partial charge in [0.1, 0.15) is 0 Å². The average Bonchev–Trinajstić information content (AvgIpc) is 2.75. The molecule has 28 heavy (non-hydrogen) atoms. The number of hydrogen-bond acceptors (Lipinski definition) is 0. The predicted octanol–water partition coefficient (Wildman–Crippen LogP) is 7.31. The van der Waals surface area contributed by atoms with E-state index in [1.54, 1.807) is 0 Å². The van der Waals surface area contributed by atoms with Gasteiger partial charge in [-0.05, 0) is 47.2 Å². The van der Waals surface area contributed by atoms with Crippen LogP contribution in [0.4, 0.5) is 0 Å². The molecule has 0 unspecified atom stereocenters. The summed E-state index contributed by atoms with van der Waals surface area (Å²) in [5.41, 5.74) is 9.98. The fourth-order valence-corrected chi connectivity index (χ4v) is 3.56. The zero-order valence-corrected chi connectivity index (χ0v) is 16.4. The first-order valence-electron chi connectivity index (χ1n) is 9.71. The topological polar surface area (TPSA) is 0 Å². The lowest BCUT2D eigenvalue weighted by molar-refractivity contribution is 1.42. The van der Waals surface area contributed by atoms with Crippen LogP contribution in [0.5, 0.6) is 0 Å². The second-order valence-corrected chi connectivity index (χ2v) is 7.21. The van der Waals surface area contributed by atoms with Crippen molar-refractivity contribution >= 4 is 11.1 Å². The zero-order chi connectivity index (χ0) is 19.3. The van der Waals surface area contributed by atoms with Crippen molar-refractivity contribution in [2.24, 2.45) is 0 Å². The summed E-state index contributed by atoms with van der Waals surface area (Å²) in [6.07, 6.45) is 0. The van der Waals surface area contributed by atoms with Gasteiger partial charge in [-0.2, -0.15) is 0 Å². The lowest BCUT2D eigenvalue weighted by Gasteiger charge is -2.18. The molecular formula is C28H24. The number of benzene rings is 4. The Hall–Kier alpha value is -3.38. The second kappa shape index (κ2) is 8.10. The van der Waals surface area contributed by atoms with Gasteiger partial charge in [-0.15, -0.1) is 0 Å². The molecule has 136 valence electrons. The van der Waals surface area contributed by atoms with Crippen molar-refractivity contribution in [1.29, 1.82) is 0 Å². The molecule has 0 aromatic heterocycles. The van der Waals surface area contributed by atoms with Crippen molar-refractivity contribution < 1.29 is 0 Å². The van der Waals surface area contributed by atoms with Gasteiger partial charge >= 0.3 is 0 Å². The summed E-state index contributed by atoms with van der Waals surface area (Å²) in [5, 5.41) is 0. The lowest BCUT2D eigenvalue weighted by atomic mass is 9.85. The van der Waals surface area contributed by atoms with Crippen LogP contribution in [-0.4, -0.2) is 0 Å². The van der Waals surface area contributed by atoms with E-state index in [1.807, 2.05) is 0 Å². The maximum atomic E-state index is 2.23. The lowest BCUT2D eigenvalue weighted by Crippen LogP contribution is -1.97. The molecular weight excluding hydrogens is 336 g/mol. The molecule has 0 saturated heterocycles. The predicted molar refractivity (Wildman–Crippen MR) is 120 cm³/mol. The van der Waals surface area contributed by atoms with E-state index in [0.29, 0.717) is 0 Å². The zero-order valence-electron chi connectivity index (χ0n) is 16.4. The summed E-state index contributed by atoms with van der Waals surface area (Å²) >= 11 is 0. The van der Waals surface area contributed by atoms with E-state index >= 15 is 0 Å². The van der Waals surface area contributed by atoms with Crippen LogP contribution in [0.15, 0.2) is 109 Å². The molecule has 0 amide bonds. The van der Waals surface area contributed by atoms with Gasteiger partial charge in [0.2, 0.25) is 0 Å². The Morgan fingerprint density at radius 1 is 0.357 bits per heavy atom. The SMILES string of the molecule is Cc1ccc(C(=C(c2ccccc2)c2ccccc2)c2ccc(C)cc2)cc1. The van der Waals surface area contributed by atoms with Crippen LogP contribution in [-0.2, 0) is 0 Å². The van der Waals surface area contributed by atoms with Crippen molar-refractivity contribution in [1.82, 2.24) is 0 Å². The first kappa shape index (κ1) is 18.0. The summed E-state index contributed by atoms with van der Waals surface area (Å²) < 4.78 is 0. The van der Waals surface area contributed by atoms with E-state index in [9.17, 15) is 0 Å². The molecule has 0 saturated carbocycles. The minimum absolute atomic E-state index is 1.23. The Labute approximate surface area is 167 Å². The Morgan fingerprint density at radius 3 is 0.964 bits per heavy atom. The molecule has 0 aliphatic heterocycles. The van der Waals surface area contributed by atoms with Crippen molar-refractivity contribution in [2.75, 3.05) is 0 Å². The standard InChI is InChI=1S/C28H24/c1-21-13-17-25(18-14-21)28(26-19-15-22(2)16-20-26)27(23-9-5-3-6-10-23)24-11-7-4-8-12-24/h3-20H,1-2H3. The molecule has 0 heterocycles. The van der Waals surface area contributed by atoms with Gasteiger partial charge in [-0.3, -0.25) is 0 Å². The van der Waals surface area contributed by atoms with Gasteiger partial charge < -0.3 is 0 Å². The summed E-state index contributed by atoms with van der Waals surface area (Å²) in [6, 6.07) is 39.1. The summed E-state index contributed by atoms with van der Waals surface area (Å²) in [6.45, 7) is 4.27. The Morgan fingerprint density at radius 2 is 0.643 bits per heavy atom. The van der Waals surface area contributed by atoms with Gasteiger partial charge in [0.15, 0.2) is 0 Å². The van der Waals surface area contributed by atoms with E-state index in [4.69, 9.17) is 0 Å². The van der Waals surface area contributed by atoms with Crippen LogP contribution in [0.1, 0.15) is 33.4 Å². The maximum Gasteiger partial charge on any atom is -0.00268 e. The molecule has 0 N–H and O–H groups in total. The summed E-state index contributed by atoms with van der Waals surface area (Å²) in [7, 11) is 0. The van der Waals surface area contributed by atoms with Crippen LogP contribution < -0.4 is 0 Å². The minimum atomic E-state index is 1.23. The summed E-state index contributed by atoms with van der Waals surface area (Å²) in [5.74, 6) is 0. The molecule has 0 atom stereocenters. The van der Waals surface area contributed by atoms with E-state index in [0.717, 1.165) is 0 Å². The molecule has 0 aliphatic carbocycles.